The molecule has 2 heterocycles. The number of thiazole rings is 1. The fourth-order valence-electron chi connectivity index (χ4n) is 4.57. The first-order chi connectivity index (χ1) is 18.3. The van der Waals surface area contributed by atoms with E-state index in [2.05, 4.69) is 20.4 Å². The summed E-state index contributed by atoms with van der Waals surface area (Å²) in [5.74, 6) is -1.83. The minimum atomic E-state index is -0.955. The maximum Gasteiger partial charge on any atom is 0.306 e. The van der Waals surface area contributed by atoms with Crippen LogP contribution in [0.25, 0.3) is 10.4 Å². The van der Waals surface area contributed by atoms with Gasteiger partial charge in [-0.3, -0.25) is 19.2 Å². The highest BCUT2D eigenvalue weighted by atomic mass is 32.1. The van der Waals surface area contributed by atoms with E-state index < -0.39 is 41.4 Å². The standard InChI is InChI=1S/C28H38N4O6S/c1-16(18-7-9-19(10-8-18)24-17(2)29-15-39-24)30-26(36)21-13-20(33)14-32(21)27(37)25(28(3,4)5)31-22(34)11-12-23(35)38-6/h7-10,15-16,20-21,25,33H,11-14H2,1-6H3,(H,30,36)(H,31,34)/t16?,20-,21+,25?/m1/s1. The molecule has 3 amide bonds. The number of likely N-dealkylation sites (tertiary alicyclic amines) is 1. The number of benzene rings is 1. The highest BCUT2D eigenvalue weighted by Gasteiger charge is 2.44. The predicted molar refractivity (Wildman–Crippen MR) is 148 cm³/mol. The second-order valence-electron chi connectivity index (χ2n) is 11.0. The van der Waals surface area contributed by atoms with Crippen LogP contribution in [0, 0.1) is 12.3 Å². The SMILES string of the molecule is COC(=O)CCC(=O)NC(C(=O)N1C[C@H](O)C[C@H]1C(=O)NC(C)c1ccc(-c2scnc2C)cc1)C(C)(C)C. The first-order valence-electron chi connectivity index (χ1n) is 13.0. The number of amides is 3. The monoisotopic (exact) mass is 558 g/mol. The molecule has 2 unspecified atom stereocenters. The Hall–Kier alpha value is -3.31. The number of hydrogen-bond acceptors (Lipinski definition) is 8. The smallest absolute Gasteiger partial charge is 0.306 e. The first-order valence-corrected chi connectivity index (χ1v) is 13.8. The van der Waals surface area contributed by atoms with E-state index in [-0.39, 0.29) is 37.8 Å². The van der Waals surface area contributed by atoms with Crippen LogP contribution in [0.1, 0.15) is 64.3 Å². The van der Waals surface area contributed by atoms with Gasteiger partial charge in [0.2, 0.25) is 17.7 Å². The van der Waals surface area contributed by atoms with Gasteiger partial charge < -0.3 is 25.4 Å². The maximum absolute atomic E-state index is 13.6. The van der Waals surface area contributed by atoms with Gasteiger partial charge in [0.25, 0.3) is 0 Å². The lowest BCUT2D eigenvalue weighted by atomic mass is 9.85. The number of nitrogens with zero attached hydrogens (tertiary/aromatic N) is 2. The summed E-state index contributed by atoms with van der Waals surface area (Å²) in [6, 6.07) is 5.71. The normalized spacial score (nSPS) is 18.8. The van der Waals surface area contributed by atoms with Gasteiger partial charge in [0, 0.05) is 19.4 Å². The molecule has 2 aromatic rings. The Balaban J connectivity index is 1.70. The van der Waals surface area contributed by atoms with Crippen LogP contribution in [-0.2, 0) is 23.9 Å². The number of rotatable bonds is 9. The Bertz CT molecular complexity index is 1190. The quantitative estimate of drug-likeness (QED) is 0.403. The van der Waals surface area contributed by atoms with Gasteiger partial charge in [-0.25, -0.2) is 4.98 Å². The summed E-state index contributed by atoms with van der Waals surface area (Å²) in [6.07, 6.45) is -1.000. The van der Waals surface area contributed by atoms with Gasteiger partial charge in [-0.1, -0.05) is 45.0 Å². The van der Waals surface area contributed by atoms with E-state index in [4.69, 9.17) is 0 Å². The third kappa shape index (κ3) is 7.63. The average molecular weight is 559 g/mol. The zero-order valence-corrected chi connectivity index (χ0v) is 24.1. The highest BCUT2D eigenvalue weighted by molar-refractivity contribution is 7.13. The number of aliphatic hydroxyl groups is 1. The molecule has 1 aliphatic heterocycles. The lowest BCUT2D eigenvalue weighted by Crippen LogP contribution is -2.57. The van der Waals surface area contributed by atoms with Gasteiger partial charge in [-0.05, 0) is 30.4 Å². The fourth-order valence-corrected chi connectivity index (χ4v) is 5.38. The van der Waals surface area contributed by atoms with Crippen LogP contribution < -0.4 is 10.6 Å². The molecule has 212 valence electrons. The molecule has 3 N–H and O–H groups in total. The lowest BCUT2D eigenvalue weighted by Gasteiger charge is -2.35. The number of aliphatic hydroxyl groups excluding tert-OH is 1. The van der Waals surface area contributed by atoms with Crippen molar-refractivity contribution >= 4 is 35.0 Å². The van der Waals surface area contributed by atoms with Crippen LogP contribution in [-0.4, -0.2) is 70.5 Å². The molecule has 1 aliphatic rings. The largest absolute Gasteiger partial charge is 0.469 e. The Labute approximate surface area is 233 Å². The summed E-state index contributed by atoms with van der Waals surface area (Å²) in [4.78, 5) is 57.6. The molecular formula is C28H38N4O6S. The van der Waals surface area contributed by atoms with Crippen LogP contribution in [0.5, 0.6) is 0 Å². The number of carbonyl (C=O) groups is 4. The summed E-state index contributed by atoms with van der Waals surface area (Å²) in [5.41, 5.74) is 4.04. The number of ether oxygens (including phenoxy) is 1. The Morgan fingerprint density at radius 1 is 1.15 bits per heavy atom. The maximum atomic E-state index is 13.6. The number of β-amino-alcohol motifs (C(OH)–C–C–N with tert-alkyl or cyclic N) is 1. The Morgan fingerprint density at radius 3 is 2.38 bits per heavy atom. The molecule has 1 aromatic heterocycles. The zero-order valence-electron chi connectivity index (χ0n) is 23.3. The third-order valence-corrected chi connectivity index (χ3v) is 7.82. The van der Waals surface area contributed by atoms with Crippen LogP contribution in [0.15, 0.2) is 29.8 Å². The van der Waals surface area contributed by atoms with E-state index >= 15 is 0 Å². The number of hydrogen-bond donors (Lipinski definition) is 3. The van der Waals surface area contributed by atoms with Gasteiger partial charge in [0.1, 0.15) is 12.1 Å². The molecule has 4 atom stereocenters. The second kappa shape index (κ2) is 12.7. The molecule has 1 saturated heterocycles. The predicted octanol–water partition coefficient (Wildman–Crippen LogP) is 2.74. The number of methoxy groups -OCH3 is 1. The number of aryl methyl sites for hydroxylation is 1. The van der Waals surface area contributed by atoms with Crippen molar-refractivity contribution in [1.82, 2.24) is 20.5 Å². The Kier molecular flexibility index (Phi) is 9.84. The minimum Gasteiger partial charge on any atom is -0.469 e. The molecule has 0 bridgehead atoms. The van der Waals surface area contributed by atoms with Crippen molar-refractivity contribution in [1.29, 1.82) is 0 Å². The van der Waals surface area contributed by atoms with Crippen LogP contribution in [0.4, 0.5) is 0 Å². The number of nitrogens with one attached hydrogen (secondary N) is 2. The van der Waals surface area contributed by atoms with Gasteiger partial charge in [0.05, 0.1) is 41.8 Å². The van der Waals surface area contributed by atoms with Crippen LogP contribution >= 0.6 is 11.3 Å². The molecule has 10 nitrogen and oxygen atoms in total. The number of carbonyl (C=O) groups excluding carboxylic acids is 4. The van der Waals surface area contributed by atoms with E-state index in [1.807, 2.05) is 43.6 Å². The Morgan fingerprint density at radius 2 is 1.82 bits per heavy atom. The van der Waals surface area contributed by atoms with E-state index in [1.165, 1.54) is 12.0 Å². The molecule has 39 heavy (non-hydrogen) atoms. The number of aromatic nitrogens is 1. The summed E-state index contributed by atoms with van der Waals surface area (Å²) in [5, 5.41) is 16.1. The summed E-state index contributed by atoms with van der Waals surface area (Å²) < 4.78 is 4.58. The van der Waals surface area contributed by atoms with Crippen LogP contribution in [0.2, 0.25) is 0 Å². The van der Waals surface area contributed by atoms with E-state index in [0.29, 0.717) is 0 Å². The topological polar surface area (TPSA) is 138 Å². The van der Waals surface area contributed by atoms with Crippen molar-refractivity contribution < 1.29 is 29.0 Å². The van der Waals surface area contributed by atoms with Crippen molar-refractivity contribution in [2.75, 3.05) is 13.7 Å². The molecular weight excluding hydrogens is 520 g/mol. The molecule has 11 heteroatoms. The fraction of sp³-hybridized carbons (Fsp3) is 0.536. The van der Waals surface area contributed by atoms with Crippen molar-refractivity contribution in [3.63, 3.8) is 0 Å². The highest BCUT2D eigenvalue weighted by Crippen LogP contribution is 2.29. The molecule has 1 aromatic carbocycles. The van der Waals surface area contributed by atoms with Gasteiger partial charge >= 0.3 is 5.97 Å². The van der Waals surface area contributed by atoms with Crippen molar-refractivity contribution in [2.45, 2.75) is 78.1 Å². The summed E-state index contributed by atoms with van der Waals surface area (Å²) >= 11 is 1.57. The molecule has 0 spiro atoms. The first kappa shape index (κ1) is 30.2. The molecule has 3 rings (SSSR count). The number of esters is 1. The van der Waals surface area contributed by atoms with Crippen molar-refractivity contribution in [3.8, 4) is 10.4 Å². The third-order valence-electron chi connectivity index (χ3n) is 6.84. The van der Waals surface area contributed by atoms with E-state index in [0.717, 1.165) is 21.7 Å². The molecule has 0 radical (unpaired) electrons. The second-order valence-corrected chi connectivity index (χ2v) is 11.8. The molecule has 1 fully saturated rings. The van der Waals surface area contributed by atoms with Crippen molar-refractivity contribution in [2.24, 2.45) is 5.41 Å². The molecule has 0 saturated carbocycles. The van der Waals surface area contributed by atoms with Gasteiger partial charge in [-0.2, -0.15) is 0 Å². The lowest BCUT2D eigenvalue weighted by molar-refractivity contribution is -0.145. The summed E-state index contributed by atoms with van der Waals surface area (Å²) in [6.45, 7) is 9.22. The van der Waals surface area contributed by atoms with Crippen LogP contribution in [0.3, 0.4) is 0 Å². The minimum absolute atomic E-state index is 0.0151. The molecule has 0 aliphatic carbocycles. The van der Waals surface area contributed by atoms with Gasteiger partial charge in [-0.15, -0.1) is 11.3 Å². The van der Waals surface area contributed by atoms with E-state index in [9.17, 15) is 24.3 Å². The van der Waals surface area contributed by atoms with Gasteiger partial charge in [0.15, 0.2) is 0 Å². The summed E-state index contributed by atoms with van der Waals surface area (Å²) in [7, 11) is 1.24. The van der Waals surface area contributed by atoms with Crippen molar-refractivity contribution in [3.05, 3.63) is 41.0 Å². The van der Waals surface area contributed by atoms with E-state index in [1.54, 1.807) is 32.1 Å². The zero-order chi connectivity index (χ0) is 28.9. The average Bonchev–Trinajstić information content (AvgIpc) is 3.50.